The predicted molar refractivity (Wildman–Crippen MR) is 92.9 cm³/mol. The number of hydrogen-bond acceptors (Lipinski definition) is 5. The van der Waals surface area contributed by atoms with Gasteiger partial charge >= 0.3 is 0 Å². The second-order valence-corrected chi connectivity index (χ2v) is 5.30. The first-order valence-corrected chi connectivity index (χ1v) is 7.76. The Labute approximate surface area is 140 Å². The van der Waals surface area contributed by atoms with Crippen LogP contribution in [0.15, 0.2) is 54.9 Å². The summed E-state index contributed by atoms with van der Waals surface area (Å²) in [5.41, 5.74) is 2.93. The van der Waals surface area contributed by atoms with Crippen LogP contribution in [0.25, 0.3) is 11.3 Å². The minimum Gasteiger partial charge on any atom is -0.497 e. The maximum atomic E-state index is 9.27. The number of hydrogen-bond donors (Lipinski definition) is 2. The lowest BCUT2D eigenvalue weighted by molar-refractivity contribution is 0.270. The van der Waals surface area contributed by atoms with E-state index >= 15 is 0 Å². The topological polar surface area (TPSA) is 72.2 Å². The number of aromatic nitrogens is 3. The second-order valence-electron chi connectivity index (χ2n) is 5.30. The van der Waals surface area contributed by atoms with Gasteiger partial charge in [0.1, 0.15) is 11.6 Å². The standard InChI is InChI=1S/C18H20N4O2/c1-24-16-4-2-3-15(11-16)17-12-18(22(21-17)9-10-23)20-13-14-5-7-19-8-6-14/h2-8,11-12,20,23H,9-10,13H2,1H3. The number of benzene rings is 1. The Balaban J connectivity index is 1.84. The van der Waals surface area contributed by atoms with Crippen LogP contribution < -0.4 is 10.1 Å². The molecule has 1 aromatic carbocycles. The maximum absolute atomic E-state index is 9.27. The predicted octanol–water partition coefficient (Wildman–Crippen LogP) is 2.56. The fourth-order valence-electron chi connectivity index (χ4n) is 2.44. The van der Waals surface area contributed by atoms with Gasteiger partial charge < -0.3 is 15.2 Å². The van der Waals surface area contributed by atoms with Gasteiger partial charge in [0.15, 0.2) is 0 Å². The van der Waals surface area contributed by atoms with Gasteiger partial charge in [-0.1, -0.05) is 12.1 Å². The average Bonchev–Trinajstić information content (AvgIpc) is 3.04. The number of nitrogens with one attached hydrogen (secondary N) is 1. The Morgan fingerprint density at radius 3 is 2.75 bits per heavy atom. The van der Waals surface area contributed by atoms with Gasteiger partial charge in [0, 0.05) is 30.6 Å². The molecule has 0 spiro atoms. The van der Waals surface area contributed by atoms with Crippen LogP contribution in [0.2, 0.25) is 0 Å². The zero-order valence-corrected chi connectivity index (χ0v) is 13.5. The lowest BCUT2D eigenvalue weighted by Gasteiger charge is -2.08. The van der Waals surface area contributed by atoms with Crippen LogP contribution in [0.5, 0.6) is 5.75 Å². The summed E-state index contributed by atoms with van der Waals surface area (Å²) in [5, 5.41) is 17.2. The molecule has 0 fully saturated rings. The van der Waals surface area contributed by atoms with Gasteiger partial charge in [0.2, 0.25) is 0 Å². The number of pyridine rings is 1. The smallest absolute Gasteiger partial charge is 0.125 e. The third-order valence-electron chi connectivity index (χ3n) is 3.68. The minimum absolute atomic E-state index is 0.0309. The fraction of sp³-hybridized carbons (Fsp3) is 0.222. The molecule has 0 saturated heterocycles. The zero-order chi connectivity index (χ0) is 16.8. The molecule has 0 aliphatic rings. The molecule has 0 radical (unpaired) electrons. The molecule has 3 aromatic rings. The third-order valence-corrected chi connectivity index (χ3v) is 3.68. The number of ether oxygens (including phenoxy) is 1. The Kier molecular flexibility index (Phi) is 5.08. The highest BCUT2D eigenvalue weighted by Crippen LogP contribution is 2.25. The van der Waals surface area contributed by atoms with Gasteiger partial charge in [-0.25, -0.2) is 4.68 Å². The number of rotatable bonds is 7. The highest BCUT2D eigenvalue weighted by Gasteiger charge is 2.10. The first-order valence-electron chi connectivity index (χ1n) is 7.76. The Morgan fingerprint density at radius 2 is 2.00 bits per heavy atom. The molecule has 0 aliphatic heterocycles. The molecular formula is C18H20N4O2. The highest BCUT2D eigenvalue weighted by atomic mass is 16.5. The van der Waals surface area contributed by atoms with Gasteiger partial charge in [-0.3, -0.25) is 4.98 Å². The molecule has 0 unspecified atom stereocenters. The monoisotopic (exact) mass is 324 g/mol. The fourth-order valence-corrected chi connectivity index (χ4v) is 2.44. The molecule has 124 valence electrons. The van der Waals surface area contributed by atoms with E-state index in [1.807, 2.05) is 42.5 Å². The number of methoxy groups -OCH3 is 1. The van der Waals surface area contributed by atoms with E-state index in [0.717, 1.165) is 28.4 Å². The summed E-state index contributed by atoms with van der Waals surface area (Å²) in [5.74, 6) is 1.65. The van der Waals surface area contributed by atoms with E-state index in [9.17, 15) is 5.11 Å². The van der Waals surface area contributed by atoms with Crippen LogP contribution in [0.4, 0.5) is 5.82 Å². The molecule has 24 heavy (non-hydrogen) atoms. The van der Waals surface area contributed by atoms with Gasteiger partial charge in [0.05, 0.1) is 26.0 Å². The van der Waals surface area contributed by atoms with E-state index in [0.29, 0.717) is 13.1 Å². The van der Waals surface area contributed by atoms with Crippen LogP contribution in [0.1, 0.15) is 5.56 Å². The van der Waals surface area contributed by atoms with Gasteiger partial charge in [0.25, 0.3) is 0 Å². The SMILES string of the molecule is COc1cccc(-c2cc(NCc3ccncc3)n(CCO)n2)c1. The van der Waals surface area contributed by atoms with Crippen molar-refractivity contribution in [2.75, 3.05) is 19.0 Å². The van der Waals surface area contributed by atoms with Crippen molar-refractivity contribution in [3.8, 4) is 17.0 Å². The molecule has 2 N–H and O–H groups in total. The minimum atomic E-state index is 0.0309. The van der Waals surface area contributed by atoms with Crippen molar-refractivity contribution in [1.82, 2.24) is 14.8 Å². The van der Waals surface area contributed by atoms with Crippen LogP contribution in [-0.4, -0.2) is 33.6 Å². The van der Waals surface area contributed by atoms with Crippen LogP contribution >= 0.6 is 0 Å². The summed E-state index contributed by atoms with van der Waals surface area (Å²) in [7, 11) is 1.64. The van der Waals surface area contributed by atoms with E-state index in [4.69, 9.17) is 4.74 Å². The molecule has 3 rings (SSSR count). The summed E-state index contributed by atoms with van der Waals surface area (Å²) >= 11 is 0. The summed E-state index contributed by atoms with van der Waals surface area (Å²) < 4.78 is 7.04. The van der Waals surface area contributed by atoms with Crippen LogP contribution in [0.3, 0.4) is 0 Å². The summed E-state index contributed by atoms with van der Waals surface area (Å²) in [6, 6.07) is 13.7. The van der Waals surface area contributed by atoms with Crippen molar-refractivity contribution in [2.45, 2.75) is 13.1 Å². The lowest BCUT2D eigenvalue weighted by Crippen LogP contribution is -2.10. The van der Waals surface area contributed by atoms with E-state index in [-0.39, 0.29) is 6.61 Å². The van der Waals surface area contributed by atoms with Gasteiger partial charge in [-0.05, 0) is 29.8 Å². The molecule has 2 heterocycles. The van der Waals surface area contributed by atoms with E-state index in [1.165, 1.54) is 0 Å². The molecule has 0 amide bonds. The normalized spacial score (nSPS) is 10.6. The molecule has 0 aliphatic carbocycles. The largest absolute Gasteiger partial charge is 0.497 e. The Hall–Kier alpha value is -2.86. The number of aliphatic hydroxyl groups is 1. The van der Waals surface area contributed by atoms with Crippen molar-refractivity contribution >= 4 is 5.82 Å². The van der Waals surface area contributed by atoms with Crippen molar-refractivity contribution in [2.24, 2.45) is 0 Å². The van der Waals surface area contributed by atoms with E-state index < -0.39 is 0 Å². The van der Waals surface area contributed by atoms with Crippen LogP contribution in [0, 0.1) is 0 Å². The molecular weight excluding hydrogens is 304 g/mol. The maximum Gasteiger partial charge on any atom is 0.125 e. The van der Waals surface area contributed by atoms with Crippen LogP contribution in [-0.2, 0) is 13.1 Å². The van der Waals surface area contributed by atoms with E-state index in [2.05, 4.69) is 15.4 Å². The van der Waals surface area contributed by atoms with Crippen molar-refractivity contribution < 1.29 is 9.84 Å². The quantitative estimate of drug-likeness (QED) is 0.699. The number of nitrogens with zero attached hydrogens (tertiary/aromatic N) is 3. The number of aliphatic hydroxyl groups excluding tert-OH is 1. The number of anilines is 1. The highest BCUT2D eigenvalue weighted by molar-refractivity contribution is 5.64. The van der Waals surface area contributed by atoms with Crippen molar-refractivity contribution in [3.05, 3.63) is 60.4 Å². The molecule has 0 atom stereocenters. The molecule has 6 heteroatoms. The average molecular weight is 324 g/mol. The molecule has 0 bridgehead atoms. The molecule has 2 aromatic heterocycles. The summed E-state index contributed by atoms with van der Waals surface area (Å²) in [4.78, 5) is 4.02. The Morgan fingerprint density at radius 1 is 1.17 bits per heavy atom. The zero-order valence-electron chi connectivity index (χ0n) is 13.5. The Bertz CT molecular complexity index is 787. The first kappa shape index (κ1) is 16.0. The van der Waals surface area contributed by atoms with Gasteiger partial charge in [-0.2, -0.15) is 5.10 Å². The van der Waals surface area contributed by atoms with Crippen molar-refractivity contribution in [1.29, 1.82) is 0 Å². The second kappa shape index (κ2) is 7.61. The van der Waals surface area contributed by atoms with Gasteiger partial charge in [-0.15, -0.1) is 0 Å². The van der Waals surface area contributed by atoms with Crippen molar-refractivity contribution in [3.63, 3.8) is 0 Å². The molecule has 6 nitrogen and oxygen atoms in total. The molecule has 0 saturated carbocycles. The first-order chi connectivity index (χ1) is 11.8. The summed E-state index contributed by atoms with van der Waals surface area (Å²) in [6.07, 6.45) is 3.54. The summed E-state index contributed by atoms with van der Waals surface area (Å²) in [6.45, 7) is 1.13. The van der Waals surface area contributed by atoms with E-state index in [1.54, 1.807) is 24.2 Å². The third kappa shape index (κ3) is 3.72. The lowest BCUT2D eigenvalue weighted by atomic mass is 10.1.